The third-order valence-electron chi connectivity index (χ3n) is 9.38. The van der Waals surface area contributed by atoms with Gasteiger partial charge in [0.05, 0.1) is 38.1 Å². The van der Waals surface area contributed by atoms with E-state index in [-0.39, 0.29) is 73.5 Å². The molecule has 4 rings (SSSR count). The highest BCUT2D eigenvalue weighted by Gasteiger charge is 2.22. The molecule has 60 heavy (non-hydrogen) atoms. The van der Waals surface area contributed by atoms with Crippen LogP contribution < -0.4 is 37.9 Å². The highest BCUT2D eigenvalue weighted by atomic mass is 16.4. The van der Waals surface area contributed by atoms with E-state index in [4.69, 9.17) is 5.73 Å². The van der Waals surface area contributed by atoms with E-state index in [0.717, 1.165) is 0 Å². The van der Waals surface area contributed by atoms with Crippen LogP contribution in [0.3, 0.4) is 0 Å². The summed E-state index contributed by atoms with van der Waals surface area (Å²) in [7, 11) is 0. The van der Waals surface area contributed by atoms with Crippen LogP contribution in [-0.2, 0) is 30.5 Å². The van der Waals surface area contributed by atoms with Crippen LogP contribution >= 0.6 is 0 Å². The molecular weight excluding hydrogens is 786 g/mol. The minimum atomic E-state index is -1.31. The smallest absolute Gasteiger partial charge is 0.326 e. The quantitative estimate of drug-likeness (QED) is 0.0529. The Morgan fingerprint density at radius 3 is 1.97 bits per heavy atom. The molecule has 1 fully saturated rings. The SMILES string of the molecule is Nc1nc2ncc(CNc3ccc(C(=O)NC(CCC(=O)NCCCCNC(=O)CN4CCNCCN(CC(=O)O)CCN(CC(=O)O)CC4)C(=O)O)cc3)nc2c(=O)[nH]1. The van der Waals surface area contributed by atoms with E-state index in [1.165, 1.54) is 18.3 Å². The van der Waals surface area contributed by atoms with Gasteiger partial charge in [-0.2, -0.15) is 4.98 Å². The molecule has 11 N–H and O–H groups in total. The minimum absolute atomic E-state index is 0.0409. The molecule has 23 nitrogen and oxygen atoms in total. The Labute approximate surface area is 344 Å². The number of fused-ring (bicyclic) bond motifs is 1. The molecule has 1 aromatic carbocycles. The second-order valence-electron chi connectivity index (χ2n) is 14.1. The Morgan fingerprint density at radius 1 is 0.783 bits per heavy atom. The number of nitrogen functional groups attached to an aromatic ring is 1. The number of aromatic amines is 1. The molecule has 326 valence electrons. The number of aromatic nitrogens is 4. The summed E-state index contributed by atoms with van der Waals surface area (Å²) in [5.74, 6) is -4.51. The van der Waals surface area contributed by atoms with E-state index >= 15 is 0 Å². The lowest BCUT2D eigenvalue weighted by Gasteiger charge is -2.30. The van der Waals surface area contributed by atoms with E-state index in [2.05, 4.69) is 46.5 Å². The Balaban J connectivity index is 1.11. The number of benzene rings is 1. The number of carbonyl (C=O) groups excluding carboxylic acids is 3. The molecular formula is C37H53N13O10. The number of rotatable bonds is 20. The van der Waals surface area contributed by atoms with Crippen molar-refractivity contribution in [2.45, 2.75) is 38.3 Å². The van der Waals surface area contributed by atoms with E-state index in [9.17, 15) is 48.9 Å². The first-order valence-electron chi connectivity index (χ1n) is 19.5. The van der Waals surface area contributed by atoms with Crippen LogP contribution in [0, 0.1) is 0 Å². The number of nitrogens with two attached hydrogens (primary N) is 1. The van der Waals surface area contributed by atoms with Crippen LogP contribution in [0.5, 0.6) is 0 Å². The highest BCUT2D eigenvalue weighted by molar-refractivity contribution is 5.97. The first kappa shape index (κ1) is 46.4. The van der Waals surface area contributed by atoms with Gasteiger partial charge in [0, 0.05) is 83.1 Å². The minimum Gasteiger partial charge on any atom is -0.480 e. The maximum Gasteiger partial charge on any atom is 0.326 e. The van der Waals surface area contributed by atoms with Crippen LogP contribution in [0.15, 0.2) is 35.3 Å². The molecule has 0 saturated carbocycles. The van der Waals surface area contributed by atoms with Crippen LogP contribution in [0.2, 0.25) is 0 Å². The molecule has 0 bridgehead atoms. The molecule has 1 aliphatic heterocycles. The number of nitrogens with one attached hydrogen (secondary N) is 6. The summed E-state index contributed by atoms with van der Waals surface area (Å²) in [4.78, 5) is 105. The molecule has 2 aromatic heterocycles. The molecule has 0 spiro atoms. The molecule has 0 radical (unpaired) electrons. The van der Waals surface area contributed by atoms with Crippen molar-refractivity contribution >= 4 is 58.4 Å². The van der Waals surface area contributed by atoms with Crippen LogP contribution in [0.4, 0.5) is 11.6 Å². The number of amides is 3. The summed E-state index contributed by atoms with van der Waals surface area (Å²) < 4.78 is 0. The number of nitrogens with zero attached hydrogens (tertiary/aromatic N) is 6. The lowest BCUT2D eigenvalue weighted by atomic mass is 10.1. The topological polar surface area (TPSA) is 331 Å². The van der Waals surface area contributed by atoms with Crippen molar-refractivity contribution in [3.63, 3.8) is 0 Å². The second-order valence-corrected chi connectivity index (χ2v) is 14.1. The molecule has 3 heterocycles. The molecule has 1 atom stereocenters. The maximum atomic E-state index is 12.8. The van der Waals surface area contributed by atoms with Crippen molar-refractivity contribution in [1.82, 2.24) is 55.9 Å². The number of hydrogen-bond acceptors (Lipinski definition) is 16. The van der Waals surface area contributed by atoms with Crippen molar-refractivity contribution in [2.24, 2.45) is 0 Å². The monoisotopic (exact) mass is 839 g/mol. The highest BCUT2D eigenvalue weighted by Crippen LogP contribution is 2.12. The third-order valence-corrected chi connectivity index (χ3v) is 9.38. The van der Waals surface area contributed by atoms with Gasteiger partial charge in [-0.1, -0.05) is 0 Å². The van der Waals surface area contributed by atoms with Gasteiger partial charge in [0.1, 0.15) is 6.04 Å². The zero-order valence-electron chi connectivity index (χ0n) is 33.2. The van der Waals surface area contributed by atoms with Crippen LogP contribution in [-0.4, -0.2) is 177 Å². The molecule has 0 aliphatic carbocycles. The molecule has 23 heteroatoms. The van der Waals surface area contributed by atoms with Crippen molar-refractivity contribution in [2.75, 3.05) is 96.1 Å². The van der Waals surface area contributed by atoms with Crippen molar-refractivity contribution < 1.29 is 44.1 Å². The summed E-state index contributed by atoms with van der Waals surface area (Å²) >= 11 is 0. The third kappa shape index (κ3) is 16.5. The van der Waals surface area contributed by atoms with E-state index < -0.39 is 35.4 Å². The van der Waals surface area contributed by atoms with Gasteiger partial charge in [-0.15, -0.1) is 0 Å². The number of aliphatic carboxylic acids is 3. The van der Waals surface area contributed by atoms with E-state index in [0.29, 0.717) is 89.7 Å². The zero-order valence-corrected chi connectivity index (χ0v) is 33.2. The number of carboxylic acid groups (broad SMARTS) is 3. The molecule has 3 amide bonds. The number of anilines is 2. The van der Waals surface area contributed by atoms with Crippen LogP contribution in [0.25, 0.3) is 11.2 Å². The normalized spacial score (nSPS) is 15.2. The summed E-state index contributed by atoms with van der Waals surface area (Å²) in [5, 5.41) is 42.7. The molecule has 1 aliphatic rings. The van der Waals surface area contributed by atoms with E-state index in [1.807, 2.05) is 4.90 Å². The molecule has 3 aromatic rings. The predicted molar refractivity (Wildman–Crippen MR) is 217 cm³/mol. The number of hydrogen-bond donors (Lipinski definition) is 10. The van der Waals surface area contributed by atoms with Crippen molar-refractivity contribution in [3.8, 4) is 0 Å². The molecule has 1 saturated heterocycles. The fraction of sp³-hybridized carbons (Fsp3) is 0.514. The second kappa shape index (κ2) is 23.9. The molecule has 1 unspecified atom stereocenters. The van der Waals surface area contributed by atoms with Gasteiger partial charge in [-0.05, 0) is 43.5 Å². The first-order valence-corrected chi connectivity index (χ1v) is 19.5. The average molecular weight is 840 g/mol. The lowest BCUT2D eigenvalue weighted by Crippen LogP contribution is -2.48. The van der Waals surface area contributed by atoms with Gasteiger partial charge in [0.25, 0.3) is 11.5 Å². The Bertz CT molecular complexity index is 2000. The Kier molecular flexibility index (Phi) is 18.5. The van der Waals surface area contributed by atoms with Gasteiger partial charge < -0.3 is 47.6 Å². The largest absolute Gasteiger partial charge is 0.480 e. The zero-order chi connectivity index (χ0) is 43.4. The summed E-state index contributed by atoms with van der Waals surface area (Å²) in [5.41, 5.74) is 6.45. The fourth-order valence-corrected chi connectivity index (χ4v) is 6.17. The van der Waals surface area contributed by atoms with E-state index in [1.54, 1.807) is 21.9 Å². The maximum absolute atomic E-state index is 12.8. The average Bonchev–Trinajstić information content (AvgIpc) is 3.19. The lowest BCUT2D eigenvalue weighted by molar-refractivity contribution is -0.140. The number of carboxylic acids is 3. The summed E-state index contributed by atoms with van der Waals surface area (Å²) in [6.07, 6.45) is 2.30. The van der Waals surface area contributed by atoms with Gasteiger partial charge in [-0.25, -0.2) is 14.8 Å². The van der Waals surface area contributed by atoms with Gasteiger partial charge in [0.15, 0.2) is 11.2 Å². The fourth-order valence-electron chi connectivity index (χ4n) is 6.17. The predicted octanol–water partition coefficient (Wildman–Crippen LogP) is -2.44. The van der Waals surface area contributed by atoms with Gasteiger partial charge in [0.2, 0.25) is 17.8 Å². The Hall–Kier alpha value is -6.30. The summed E-state index contributed by atoms with van der Waals surface area (Å²) in [6.45, 7) is 4.38. The van der Waals surface area contributed by atoms with Gasteiger partial charge >= 0.3 is 17.9 Å². The van der Waals surface area contributed by atoms with Crippen molar-refractivity contribution in [3.05, 3.63) is 52.1 Å². The van der Waals surface area contributed by atoms with Gasteiger partial charge in [-0.3, -0.25) is 48.5 Å². The van der Waals surface area contributed by atoms with Crippen molar-refractivity contribution in [1.29, 1.82) is 0 Å². The number of unbranched alkanes of at least 4 members (excludes halogenated alkanes) is 1. The standard InChI is InChI=1S/C37H53N13O10/c38-37-46-33-32(35(58)47-37)44-26(20-43-33)19-42-25-5-3-24(4-6-25)34(57)45-27(36(59)60)7-8-28(51)40-9-1-2-10-41-29(52)21-48-13-11-39-12-14-49(22-30(53)54)16-18-50(17-15-48)23-31(55)56/h3-6,20,27,39,42H,1-2,7-19,21-23H2,(H,40,51)(H,41,52)(H,45,57)(H,53,54)(H,55,56)(H,59,60)(H3,38,43,46,47,58). The number of H-pyrrole nitrogens is 1. The first-order chi connectivity index (χ1) is 28.7. The summed E-state index contributed by atoms with van der Waals surface area (Å²) in [6, 6.07) is 4.94. The Morgan fingerprint density at radius 2 is 1.37 bits per heavy atom. The van der Waals surface area contributed by atoms with Crippen LogP contribution in [0.1, 0.15) is 41.7 Å². The number of carbonyl (C=O) groups is 6.